The molecule has 0 saturated carbocycles. The smallest absolute Gasteiger partial charge is 0.418 e. The predicted octanol–water partition coefficient (Wildman–Crippen LogP) is 6.47. The Kier molecular flexibility index (Phi) is 7.94. The highest BCUT2D eigenvalue weighted by Gasteiger charge is 2.37. The van der Waals surface area contributed by atoms with Crippen LogP contribution in [0, 0.1) is 0 Å². The van der Waals surface area contributed by atoms with Crippen LogP contribution in [0.15, 0.2) is 67.0 Å². The average Bonchev–Trinajstić information content (AvgIpc) is 3.35. The molecule has 0 spiro atoms. The number of phenolic OH excluding ortho intramolecular Hbond substituents is 1. The number of aromatic hydroxyl groups is 1. The number of rotatable bonds is 6. The van der Waals surface area contributed by atoms with E-state index >= 15 is 0 Å². The van der Waals surface area contributed by atoms with Crippen molar-refractivity contribution in [3.8, 4) is 5.75 Å². The summed E-state index contributed by atoms with van der Waals surface area (Å²) in [6.07, 6.45) is 2.29. The molecule has 0 atom stereocenters. The van der Waals surface area contributed by atoms with Crippen LogP contribution in [0.1, 0.15) is 65.7 Å². The van der Waals surface area contributed by atoms with E-state index in [0.717, 1.165) is 30.2 Å². The van der Waals surface area contributed by atoms with Crippen molar-refractivity contribution in [2.24, 2.45) is 0 Å². The van der Waals surface area contributed by atoms with Gasteiger partial charge >= 0.3 is 6.18 Å². The quantitative estimate of drug-likeness (QED) is 0.363. The highest BCUT2D eigenvalue weighted by molar-refractivity contribution is 6.05. The number of piperidine rings is 1. The Morgan fingerprint density at radius 3 is 2.34 bits per heavy atom. The molecule has 0 aliphatic carbocycles. The maximum absolute atomic E-state index is 13.5. The number of benzene rings is 2. The van der Waals surface area contributed by atoms with Crippen LogP contribution in [0.5, 0.6) is 5.75 Å². The summed E-state index contributed by atoms with van der Waals surface area (Å²) < 4.78 is 41.8. The van der Waals surface area contributed by atoms with Gasteiger partial charge in [0.1, 0.15) is 5.75 Å². The van der Waals surface area contributed by atoms with Gasteiger partial charge in [-0.1, -0.05) is 24.3 Å². The molecule has 0 unspecified atom stereocenters. The Bertz CT molecular complexity index is 1320. The number of carbonyl (C=O) groups is 2. The summed E-state index contributed by atoms with van der Waals surface area (Å²) in [4.78, 5) is 27.0. The molecule has 2 N–H and O–H groups in total. The zero-order valence-electron chi connectivity index (χ0n) is 21.2. The van der Waals surface area contributed by atoms with Crippen LogP contribution in [0.2, 0.25) is 0 Å². The molecule has 6 nitrogen and oxygen atoms in total. The molecule has 1 saturated heterocycles. The zero-order valence-corrected chi connectivity index (χ0v) is 21.2. The summed E-state index contributed by atoms with van der Waals surface area (Å²) in [6.45, 7) is 4.68. The fraction of sp³-hybridized carbons (Fsp3) is 0.310. The number of alkyl halides is 3. The van der Waals surface area contributed by atoms with Gasteiger partial charge in [0.25, 0.3) is 5.91 Å². The van der Waals surface area contributed by atoms with Crippen molar-refractivity contribution in [1.29, 1.82) is 0 Å². The summed E-state index contributed by atoms with van der Waals surface area (Å²) in [5.74, 6) is -0.525. The Balaban J connectivity index is 1.34. The molecule has 2 heterocycles. The van der Waals surface area contributed by atoms with Crippen LogP contribution < -0.4 is 5.32 Å². The molecule has 1 fully saturated rings. The summed E-state index contributed by atoms with van der Waals surface area (Å²) in [5, 5.41) is 12.1. The zero-order chi connectivity index (χ0) is 27.4. The summed E-state index contributed by atoms with van der Waals surface area (Å²) >= 11 is 0. The lowest BCUT2D eigenvalue weighted by molar-refractivity contribution is -0.137. The lowest BCUT2D eigenvalue weighted by atomic mass is 9.89. The molecule has 4 rings (SSSR count). The fourth-order valence-electron chi connectivity index (χ4n) is 4.55. The van der Waals surface area contributed by atoms with E-state index in [1.54, 1.807) is 61.2 Å². The van der Waals surface area contributed by atoms with Gasteiger partial charge in [0.15, 0.2) is 0 Å². The van der Waals surface area contributed by atoms with Crippen LogP contribution in [-0.2, 0) is 11.0 Å². The third-order valence-corrected chi connectivity index (χ3v) is 6.73. The molecule has 200 valence electrons. The summed E-state index contributed by atoms with van der Waals surface area (Å²) in [5.41, 5.74) is 0.831. The topological polar surface area (TPSA) is 74.6 Å². The van der Waals surface area contributed by atoms with Crippen LogP contribution in [0.4, 0.5) is 18.9 Å². The van der Waals surface area contributed by atoms with Crippen molar-refractivity contribution in [3.63, 3.8) is 0 Å². The Morgan fingerprint density at radius 2 is 1.74 bits per heavy atom. The first kappa shape index (κ1) is 27.0. The molecule has 1 aromatic heterocycles. The molecular weight excluding hydrogens is 495 g/mol. The van der Waals surface area contributed by atoms with Gasteiger partial charge in [-0.25, -0.2) is 0 Å². The number of amides is 2. The van der Waals surface area contributed by atoms with Crippen molar-refractivity contribution in [2.45, 2.75) is 44.8 Å². The van der Waals surface area contributed by atoms with E-state index in [4.69, 9.17) is 0 Å². The number of likely N-dealkylation sites (tertiary alicyclic amines) is 1. The van der Waals surface area contributed by atoms with E-state index < -0.39 is 23.2 Å². The minimum atomic E-state index is -4.63. The van der Waals surface area contributed by atoms with Gasteiger partial charge < -0.3 is 19.9 Å². The molecule has 38 heavy (non-hydrogen) atoms. The predicted molar refractivity (Wildman–Crippen MR) is 140 cm³/mol. The molecule has 0 radical (unpaired) electrons. The maximum Gasteiger partial charge on any atom is 0.418 e. The summed E-state index contributed by atoms with van der Waals surface area (Å²) in [6, 6.07) is 13.6. The highest BCUT2D eigenvalue weighted by atomic mass is 19.4. The van der Waals surface area contributed by atoms with E-state index in [2.05, 4.69) is 5.32 Å². The van der Waals surface area contributed by atoms with E-state index in [0.29, 0.717) is 18.8 Å². The van der Waals surface area contributed by atoms with Gasteiger partial charge in [-0.3, -0.25) is 9.59 Å². The second-order valence-electron chi connectivity index (χ2n) is 9.73. The molecule has 1 aliphatic rings. The number of carbonyl (C=O) groups excluding carboxylic acids is 2. The van der Waals surface area contributed by atoms with E-state index in [-0.39, 0.29) is 23.6 Å². The Morgan fingerprint density at radius 1 is 1.05 bits per heavy atom. The molecular formula is C29H30F3N3O3. The van der Waals surface area contributed by atoms with Gasteiger partial charge in [0.05, 0.1) is 11.1 Å². The summed E-state index contributed by atoms with van der Waals surface area (Å²) in [7, 11) is 0. The number of hydrogen-bond acceptors (Lipinski definition) is 3. The first-order valence-electron chi connectivity index (χ1n) is 12.5. The van der Waals surface area contributed by atoms with Gasteiger partial charge in [-0.05, 0) is 74.1 Å². The monoisotopic (exact) mass is 525 g/mol. The third-order valence-electron chi connectivity index (χ3n) is 6.73. The number of halogens is 3. The lowest BCUT2D eigenvalue weighted by Crippen LogP contribution is -2.36. The van der Waals surface area contributed by atoms with Crippen molar-refractivity contribution >= 4 is 23.6 Å². The maximum atomic E-state index is 13.5. The number of hydrogen-bond donors (Lipinski definition) is 2. The van der Waals surface area contributed by atoms with Crippen molar-refractivity contribution < 1.29 is 27.9 Å². The third kappa shape index (κ3) is 6.45. The fourth-order valence-corrected chi connectivity index (χ4v) is 4.55. The largest absolute Gasteiger partial charge is 0.508 e. The van der Waals surface area contributed by atoms with Crippen LogP contribution in [0.3, 0.4) is 0 Å². The Labute approximate surface area is 219 Å². The van der Waals surface area contributed by atoms with Crippen LogP contribution >= 0.6 is 0 Å². The number of aromatic nitrogens is 1. The first-order chi connectivity index (χ1) is 18.0. The number of phenols is 1. The van der Waals surface area contributed by atoms with Crippen molar-refractivity contribution in [3.05, 3.63) is 89.3 Å². The van der Waals surface area contributed by atoms with Crippen LogP contribution in [-0.4, -0.2) is 39.5 Å². The van der Waals surface area contributed by atoms with E-state index in [1.807, 2.05) is 12.1 Å². The van der Waals surface area contributed by atoms with Gasteiger partial charge in [0.2, 0.25) is 5.91 Å². The highest BCUT2D eigenvalue weighted by Crippen LogP contribution is 2.34. The van der Waals surface area contributed by atoms with Gasteiger partial charge in [-0.2, -0.15) is 13.2 Å². The first-order valence-corrected chi connectivity index (χ1v) is 12.5. The minimum absolute atomic E-state index is 0.0885. The van der Waals surface area contributed by atoms with E-state index in [9.17, 15) is 27.9 Å². The molecule has 2 amide bonds. The molecule has 0 bridgehead atoms. The normalized spacial score (nSPS) is 14.8. The minimum Gasteiger partial charge on any atom is -0.508 e. The van der Waals surface area contributed by atoms with Gasteiger partial charge in [-0.15, -0.1) is 0 Å². The lowest BCUT2D eigenvalue weighted by Gasteiger charge is -2.31. The van der Waals surface area contributed by atoms with Crippen molar-refractivity contribution in [1.82, 2.24) is 9.47 Å². The number of nitrogens with zero attached hydrogens (tertiary/aromatic N) is 2. The molecule has 1 aliphatic heterocycles. The number of nitrogens with one attached hydrogen (secondary N) is 1. The molecule has 9 heteroatoms. The standard InChI is InChI=1S/C29H30F3N3O3/c1-19(2)35-17-25(26(18-35)29(30,31)32)28(38)33-23-9-7-21(8-10-23)22-12-14-34(15-13-22)27(37)11-6-20-4-3-5-24(36)16-20/h3-11,16-19,22,36H,12-15H2,1-2H3,(H,33,38)/b11-6+. The van der Waals surface area contributed by atoms with E-state index in [1.165, 1.54) is 16.8 Å². The second kappa shape index (κ2) is 11.2. The Hall–Kier alpha value is -4.01. The SMILES string of the molecule is CC(C)n1cc(C(=O)Nc2ccc(C3CCN(C(=O)/C=C/c4cccc(O)c4)CC3)cc2)c(C(F)(F)F)c1. The van der Waals surface area contributed by atoms with Crippen molar-refractivity contribution in [2.75, 3.05) is 18.4 Å². The van der Waals surface area contributed by atoms with Crippen LogP contribution in [0.25, 0.3) is 6.08 Å². The second-order valence-corrected chi connectivity index (χ2v) is 9.73. The number of anilines is 1. The molecule has 2 aromatic carbocycles. The molecule has 3 aromatic rings. The average molecular weight is 526 g/mol. The van der Waals surface area contributed by atoms with Gasteiger partial charge in [0, 0.05) is 43.3 Å².